The number of anilines is 1. The van der Waals surface area contributed by atoms with Gasteiger partial charge in [-0.1, -0.05) is 23.8 Å². The van der Waals surface area contributed by atoms with Gasteiger partial charge in [-0.25, -0.2) is 4.39 Å². The Morgan fingerprint density at radius 1 is 1.00 bits per heavy atom. The lowest BCUT2D eigenvalue weighted by atomic mass is 9.90. The molecular weight excluding hydrogens is 449 g/mol. The second-order valence-corrected chi connectivity index (χ2v) is 10.2. The normalized spacial score (nSPS) is 23.1. The number of piperidine rings is 1. The van der Waals surface area contributed by atoms with Gasteiger partial charge in [0.25, 0.3) is 0 Å². The fourth-order valence-corrected chi connectivity index (χ4v) is 5.02. The van der Waals surface area contributed by atoms with Crippen molar-refractivity contribution in [3.63, 3.8) is 0 Å². The molecule has 4 rings (SSSR count). The molecule has 2 heterocycles. The van der Waals surface area contributed by atoms with Gasteiger partial charge in [-0.15, -0.1) is 0 Å². The van der Waals surface area contributed by atoms with Crippen molar-refractivity contribution < 1.29 is 24.1 Å². The number of nitrogens with zero attached hydrogens (tertiary/aromatic N) is 3. The molecule has 2 saturated heterocycles. The SMILES string of the molecule is CC(=O)N1CCN(CC2(O)CCN(c3ccc(C)cc3)CC2)C[C@@](O)(COc2cccc(F)c2)C1. The third kappa shape index (κ3) is 6.72. The first-order valence-electron chi connectivity index (χ1n) is 12.3. The van der Waals surface area contributed by atoms with Gasteiger partial charge in [-0.05, 0) is 44.0 Å². The Morgan fingerprint density at radius 3 is 2.37 bits per heavy atom. The summed E-state index contributed by atoms with van der Waals surface area (Å²) in [5.74, 6) is -0.214. The number of halogens is 1. The Balaban J connectivity index is 1.40. The zero-order chi connectivity index (χ0) is 25.1. The predicted octanol–water partition coefficient (Wildman–Crippen LogP) is 2.44. The average Bonchev–Trinajstić information content (AvgIpc) is 2.98. The molecule has 0 bridgehead atoms. The van der Waals surface area contributed by atoms with Crippen molar-refractivity contribution in [1.82, 2.24) is 9.80 Å². The van der Waals surface area contributed by atoms with Crippen LogP contribution in [-0.2, 0) is 4.79 Å². The molecule has 0 unspecified atom stereocenters. The summed E-state index contributed by atoms with van der Waals surface area (Å²) in [5.41, 5.74) is 0.148. The molecule has 190 valence electrons. The lowest BCUT2D eigenvalue weighted by Crippen LogP contribution is -2.55. The number of β-amino-alcohol motifs (C(OH)–C–C–N with tert-alkyl or cyclic N) is 2. The maximum Gasteiger partial charge on any atom is 0.219 e. The topological polar surface area (TPSA) is 76.5 Å². The highest BCUT2D eigenvalue weighted by Gasteiger charge is 2.40. The molecule has 0 radical (unpaired) electrons. The first-order chi connectivity index (χ1) is 16.6. The number of aryl methyl sites for hydroxylation is 1. The first kappa shape index (κ1) is 25.4. The quantitative estimate of drug-likeness (QED) is 0.655. The van der Waals surface area contributed by atoms with Crippen molar-refractivity contribution in [1.29, 1.82) is 0 Å². The van der Waals surface area contributed by atoms with E-state index >= 15 is 0 Å². The Kier molecular flexibility index (Phi) is 7.64. The lowest BCUT2D eigenvalue weighted by molar-refractivity contribution is -0.132. The molecule has 2 N–H and O–H groups in total. The van der Waals surface area contributed by atoms with Crippen LogP contribution < -0.4 is 9.64 Å². The van der Waals surface area contributed by atoms with Gasteiger partial charge < -0.3 is 24.7 Å². The molecule has 0 aromatic heterocycles. The van der Waals surface area contributed by atoms with Crippen LogP contribution in [0.25, 0.3) is 0 Å². The van der Waals surface area contributed by atoms with E-state index in [2.05, 4.69) is 36.1 Å². The number of ether oxygens (including phenoxy) is 1. The van der Waals surface area contributed by atoms with Crippen LogP contribution in [0.5, 0.6) is 5.75 Å². The van der Waals surface area contributed by atoms with Gasteiger partial charge in [-0.3, -0.25) is 9.69 Å². The Labute approximate surface area is 206 Å². The standard InChI is InChI=1S/C27H36FN3O4/c1-21-6-8-24(9-7-21)30-12-10-26(33,11-13-30)17-29-14-15-31(22(2)32)19-27(34,18-29)20-35-25-5-3-4-23(28)16-25/h3-9,16,33-34H,10-15,17-20H2,1-2H3/t27-/m0/s1. The summed E-state index contributed by atoms with van der Waals surface area (Å²) in [4.78, 5) is 18.1. The van der Waals surface area contributed by atoms with Crippen LogP contribution in [0.1, 0.15) is 25.3 Å². The summed E-state index contributed by atoms with van der Waals surface area (Å²) in [6.45, 7) is 6.74. The predicted molar refractivity (Wildman–Crippen MR) is 133 cm³/mol. The zero-order valence-corrected chi connectivity index (χ0v) is 20.6. The van der Waals surface area contributed by atoms with Gasteiger partial charge >= 0.3 is 0 Å². The number of hydrogen-bond donors (Lipinski definition) is 2. The van der Waals surface area contributed by atoms with E-state index in [1.165, 1.54) is 24.6 Å². The summed E-state index contributed by atoms with van der Waals surface area (Å²) in [5, 5.41) is 22.9. The summed E-state index contributed by atoms with van der Waals surface area (Å²) >= 11 is 0. The lowest BCUT2D eigenvalue weighted by Gasteiger charge is -2.42. The molecule has 2 aliphatic heterocycles. The van der Waals surface area contributed by atoms with E-state index in [0.29, 0.717) is 38.2 Å². The van der Waals surface area contributed by atoms with E-state index in [4.69, 9.17) is 4.74 Å². The summed E-state index contributed by atoms with van der Waals surface area (Å²) in [6.07, 6.45) is 1.23. The highest BCUT2D eigenvalue weighted by Crippen LogP contribution is 2.29. The van der Waals surface area contributed by atoms with E-state index < -0.39 is 17.0 Å². The minimum Gasteiger partial charge on any atom is -0.490 e. The molecule has 8 heteroatoms. The Bertz CT molecular complexity index is 1010. The van der Waals surface area contributed by atoms with Gasteiger partial charge in [0, 0.05) is 57.9 Å². The third-order valence-electron chi connectivity index (χ3n) is 7.05. The number of carbonyl (C=O) groups excluding carboxylic acids is 1. The molecule has 1 amide bonds. The van der Waals surface area contributed by atoms with E-state index in [-0.39, 0.29) is 25.6 Å². The number of carbonyl (C=O) groups is 1. The van der Waals surface area contributed by atoms with Gasteiger partial charge in [0.05, 0.1) is 12.1 Å². The summed E-state index contributed by atoms with van der Waals surface area (Å²) in [7, 11) is 0. The van der Waals surface area contributed by atoms with Gasteiger partial charge in [0.1, 0.15) is 23.8 Å². The molecule has 2 aliphatic rings. The Morgan fingerprint density at radius 2 is 1.71 bits per heavy atom. The largest absolute Gasteiger partial charge is 0.490 e. The second kappa shape index (κ2) is 10.5. The van der Waals surface area contributed by atoms with Crippen LogP contribution in [0.4, 0.5) is 10.1 Å². The van der Waals surface area contributed by atoms with Crippen LogP contribution in [0.2, 0.25) is 0 Å². The monoisotopic (exact) mass is 485 g/mol. The molecule has 1 atom stereocenters. The maximum absolute atomic E-state index is 13.5. The van der Waals surface area contributed by atoms with Crippen molar-refractivity contribution in [3.05, 3.63) is 59.9 Å². The molecular formula is C27H36FN3O4. The number of rotatable bonds is 6. The second-order valence-electron chi connectivity index (χ2n) is 10.2. The average molecular weight is 486 g/mol. The van der Waals surface area contributed by atoms with Crippen molar-refractivity contribution in [2.24, 2.45) is 0 Å². The third-order valence-corrected chi connectivity index (χ3v) is 7.05. The number of aliphatic hydroxyl groups is 2. The highest BCUT2D eigenvalue weighted by molar-refractivity contribution is 5.73. The molecule has 35 heavy (non-hydrogen) atoms. The highest BCUT2D eigenvalue weighted by atomic mass is 19.1. The molecule has 0 spiro atoms. The molecule has 0 saturated carbocycles. The van der Waals surface area contributed by atoms with Gasteiger partial charge in [0.15, 0.2) is 0 Å². The van der Waals surface area contributed by atoms with Crippen molar-refractivity contribution in [2.75, 3.05) is 57.3 Å². The van der Waals surface area contributed by atoms with Crippen molar-refractivity contribution in [2.45, 2.75) is 37.9 Å². The molecule has 2 aromatic rings. The van der Waals surface area contributed by atoms with E-state index in [9.17, 15) is 19.4 Å². The van der Waals surface area contributed by atoms with Crippen LogP contribution >= 0.6 is 0 Å². The van der Waals surface area contributed by atoms with E-state index in [0.717, 1.165) is 18.8 Å². The van der Waals surface area contributed by atoms with Crippen LogP contribution in [-0.4, -0.2) is 89.5 Å². The summed E-state index contributed by atoms with van der Waals surface area (Å²) < 4.78 is 19.3. The van der Waals surface area contributed by atoms with Crippen molar-refractivity contribution in [3.8, 4) is 5.75 Å². The van der Waals surface area contributed by atoms with Crippen LogP contribution in [0, 0.1) is 12.7 Å². The molecule has 2 aromatic carbocycles. The molecule has 7 nitrogen and oxygen atoms in total. The number of amides is 1. The minimum absolute atomic E-state index is 0.0869. The molecule has 0 aliphatic carbocycles. The fourth-order valence-electron chi connectivity index (χ4n) is 5.02. The zero-order valence-electron chi connectivity index (χ0n) is 20.6. The number of hydrogen-bond acceptors (Lipinski definition) is 6. The molecule has 2 fully saturated rings. The van der Waals surface area contributed by atoms with Gasteiger partial charge in [0.2, 0.25) is 5.91 Å². The van der Waals surface area contributed by atoms with E-state index in [1.54, 1.807) is 17.0 Å². The maximum atomic E-state index is 13.5. The first-order valence-corrected chi connectivity index (χ1v) is 12.3. The number of benzene rings is 2. The van der Waals surface area contributed by atoms with E-state index in [1.807, 2.05) is 4.90 Å². The fraction of sp³-hybridized carbons (Fsp3) is 0.519. The van der Waals surface area contributed by atoms with Crippen LogP contribution in [0.3, 0.4) is 0 Å². The van der Waals surface area contributed by atoms with Crippen molar-refractivity contribution >= 4 is 11.6 Å². The minimum atomic E-state index is -1.35. The van der Waals surface area contributed by atoms with Crippen LogP contribution in [0.15, 0.2) is 48.5 Å². The van der Waals surface area contributed by atoms with Gasteiger partial charge in [-0.2, -0.15) is 0 Å². The smallest absolute Gasteiger partial charge is 0.219 e. The Hall–Kier alpha value is -2.68. The summed E-state index contributed by atoms with van der Waals surface area (Å²) in [6, 6.07) is 14.2.